The molecule has 1 N–H and O–H groups in total. The fraction of sp³-hybridized carbons (Fsp3) is 0.889. The second kappa shape index (κ2) is 5.22. The molecule has 0 heterocycles. The van der Waals surface area contributed by atoms with E-state index in [9.17, 15) is 9.00 Å². The van der Waals surface area contributed by atoms with Crippen LogP contribution in [0.15, 0.2) is 0 Å². The minimum absolute atomic E-state index is 0.214. The molecule has 4 nitrogen and oxygen atoms in total. The van der Waals surface area contributed by atoms with Crippen molar-refractivity contribution in [3.05, 3.63) is 0 Å². The lowest BCUT2D eigenvalue weighted by Crippen LogP contribution is -2.37. The highest BCUT2D eigenvalue weighted by Gasteiger charge is 2.35. The van der Waals surface area contributed by atoms with E-state index in [4.69, 9.17) is 4.55 Å². The zero-order valence-corrected chi connectivity index (χ0v) is 11.8. The highest BCUT2D eigenvalue weighted by molar-refractivity contribution is 7.74. The Bertz CT molecular complexity index is 257. The summed E-state index contributed by atoms with van der Waals surface area (Å²) in [5.74, 6) is -0.597. The molecule has 0 amide bonds. The van der Waals surface area contributed by atoms with Crippen molar-refractivity contribution in [3.63, 3.8) is 0 Å². The highest BCUT2D eigenvalue weighted by atomic mass is 32.2. The maximum Gasteiger partial charge on any atom is 0.360 e. The molecule has 0 fully saturated rings. The van der Waals surface area contributed by atoms with Crippen molar-refractivity contribution in [2.45, 2.75) is 51.4 Å². The number of rotatable bonds is 4. The van der Waals surface area contributed by atoms with Crippen molar-refractivity contribution in [2.75, 3.05) is 0 Å². The van der Waals surface area contributed by atoms with E-state index in [1.165, 1.54) is 0 Å². The van der Waals surface area contributed by atoms with Crippen molar-refractivity contribution in [1.82, 2.24) is 0 Å². The maximum absolute atomic E-state index is 11.1. The fourth-order valence-corrected chi connectivity index (χ4v) is 2.73. The van der Waals surface area contributed by atoms with Gasteiger partial charge in [0, 0.05) is 6.42 Å². The Kier molecular flexibility index (Phi) is 5.15. The van der Waals surface area contributed by atoms with Crippen molar-refractivity contribution < 1.29 is 17.7 Å². The van der Waals surface area contributed by atoms with Crippen LogP contribution in [0.3, 0.4) is 0 Å². The average molecular weight is 252 g/mol. The molecule has 0 aliphatic rings. The summed E-state index contributed by atoms with van der Waals surface area (Å²) in [6.45, 7) is 10.9. The van der Waals surface area contributed by atoms with Gasteiger partial charge in [-0.05, 0) is 11.1 Å². The van der Waals surface area contributed by atoms with Crippen LogP contribution in [0.2, 0.25) is 24.2 Å². The first kappa shape index (κ1) is 14.8. The Balaban J connectivity index is 4.16. The van der Waals surface area contributed by atoms with Crippen LogP contribution in [0.4, 0.5) is 0 Å². The molecule has 90 valence electrons. The lowest BCUT2D eigenvalue weighted by atomic mass is 10.2. The van der Waals surface area contributed by atoms with Gasteiger partial charge in [0.15, 0.2) is 0 Å². The van der Waals surface area contributed by atoms with Crippen LogP contribution in [0.25, 0.3) is 0 Å². The van der Waals surface area contributed by atoms with Gasteiger partial charge in [-0.15, -0.1) is 0 Å². The molecule has 0 rings (SSSR count). The molecule has 0 aromatic heterocycles. The van der Waals surface area contributed by atoms with Crippen LogP contribution in [0, 0.1) is 0 Å². The molecule has 0 radical (unpaired) electrons. The Labute approximate surface area is 94.9 Å². The second-order valence-electron chi connectivity index (χ2n) is 5.31. The summed E-state index contributed by atoms with van der Waals surface area (Å²) in [5.41, 5.74) is 0. The molecule has 0 spiro atoms. The summed E-state index contributed by atoms with van der Waals surface area (Å²) in [7, 11) is -1.50. The number of hydrogen-bond donors (Lipinski definition) is 1. The van der Waals surface area contributed by atoms with E-state index >= 15 is 0 Å². The molecular weight excluding hydrogens is 232 g/mol. The zero-order chi connectivity index (χ0) is 12.3. The number of hydrogen-bond acceptors (Lipinski definition) is 3. The Morgan fingerprint density at radius 3 is 2.20 bits per heavy atom. The monoisotopic (exact) mass is 252 g/mol. The standard InChI is InChI=1S/C9H20O4SSi/c1-9(2,3)15(4,5)7-6-8(10)13-14(11)12/h6-7H2,1-5H3,(H,11,12). The summed E-state index contributed by atoms with van der Waals surface area (Å²) in [4.78, 5) is 11.1. The lowest BCUT2D eigenvalue weighted by molar-refractivity contribution is -0.133. The SMILES string of the molecule is CC(C)(C)[Si](C)(C)CCC(=O)OS(=O)O. The lowest BCUT2D eigenvalue weighted by Gasteiger charge is -2.36. The Hall–Kier alpha value is -0.203. The Morgan fingerprint density at radius 1 is 1.40 bits per heavy atom. The van der Waals surface area contributed by atoms with Crippen LogP contribution >= 0.6 is 0 Å². The van der Waals surface area contributed by atoms with Gasteiger partial charge in [-0.2, -0.15) is 4.21 Å². The molecular formula is C9H20O4SSi. The van der Waals surface area contributed by atoms with Crippen molar-refractivity contribution in [3.8, 4) is 0 Å². The quantitative estimate of drug-likeness (QED) is 0.617. The second-order valence-corrected chi connectivity index (χ2v) is 11.7. The van der Waals surface area contributed by atoms with E-state index < -0.39 is 25.4 Å². The molecule has 0 saturated carbocycles. The largest absolute Gasteiger partial charge is 0.360 e. The van der Waals surface area contributed by atoms with Crippen LogP contribution in [0.5, 0.6) is 0 Å². The first-order valence-corrected chi connectivity index (χ1v) is 9.12. The predicted molar refractivity (Wildman–Crippen MR) is 63.5 cm³/mol. The predicted octanol–water partition coefficient (Wildman–Crippen LogP) is 2.56. The topological polar surface area (TPSA) is 63.6 Å². The molecule has 6 heteroatoms. The normalized spacial score (nSPS) is 14.8. The number of carbonyl (C=O) groups is 1. The summed E-state index contributed by atoms with van der Waals surface area (Å²) in [5, 5.41) is 0.214. The van der Waals surface area contributed by atoms with Gasteiger partial charge in [-0.25, -0.2) is 0 Å². The average Bonchev–Trinajstić information content (AvgIpc) is 1.97. The smallest absolute Gasteiger partial charge is 0.343 e. The third-order valence-electron chi connectivity index (χ3n) is 3.15. The van der Waals surface area contributed by atoms with Crippen LogP contribution in [-0.2, 0) is 20.3 Å². The van der Waals surface area contributed by atoms with Gasteiger partial charge >= 0.3 is 17.3 Å². The molecule has 0 aliphatic heterocycles. The van der Waals surface area contributed by atoms with Gasteiger partial charge in [0.1, 0.15) is 0 Å². The van der Waals surface area contributed by atoms with Crippen molar-refractivity contribution in [1.29, 1.82) is 0 Å². The van der Waals surface area contributed by atoms with E-state index in [0.29, 0.717) is 0 Å². The van der Waals surface area contributed by atoms with Gasteiger partial charge in [0.05, 0.1) is 8.07 Å². The molecule has 0 aromatic carbocycles. The fourth-order valence-electron chi connectivity index (χ4n) is 0.911. The van der Waals surface area contributed by atoms with Gasteiger partial charge in [-0.1, -0.05) is 33.9 Å². The first-order chi connectivity index (χ1) is 6.56. The summed E-state index contributed by atoms with van der Waals surface area (Å²) < 4.78 is 22.7. The van der Waals surface area contributed by atoms with E-state index in [1.54, 1.807) is 0 Å². The van der Waals surface area contributed by atoms with Crippen molar-refractivity contribution >= 4 is 25.4 Å². The minimum Gasteiger partial charge on any atom is -0.343 e. The van der Waals surface area contributed by atoms with Gasteiger partial charge in [0.25, 0.3) is 0 Å². The molecule has 15 heavy (non-hydrogen) atoms. The first-order valence-electron chi connectivity index (χ1n) is 4.88. The molecule has 0 saturated heterocycles. The van der Waals surface area contributed by atoms with Crippen LogP contribution in [-0.4, -0.2) is 22.8 Å². The van der Waals surface area contributed by atoms with E-state index in [2.05, 4.69) is 38.0 Å². The third kappa shape index (κ3) is 5.43. The van der Waals surface area contributed by atoms with E-state index in [-0.39, 0.29) is 11.5 Å². The van der Waals surface area contributed by atoms with Crippen molar-refractivity contribution in [2.24, 2.45) is 0 Å². The van der Waals surface area contributed by atoms with E-state index in [0.717, 1.165) is 6.04 Å². The molecule has 0 aliphatic carbocycles. The summed E-state index contributed by atoms with van der Waals surface area (Å²) in [6.07, 6.45) is 0.225. The van der Waals surface area contributed by atoms with Crippen LogP contribution < -0.4 is 0 Å². The molecule has 0 aromatic rings. The van der Waals surface area contributed by atoms with E-state index in [1.807, 2.05) is 0 Å². The summed E-state index contributed by atoms with van der Waals surface area (Å²) in [6, 6.07) is 0.770. The van der Waals surface area contributed by atoms with Gasteiger partial charge < -0.3 is 4.18 Å². The molecule has 1 atom stereocenters. The number of carbonyl (C=O) groups excluding carboxylic acids is 1. The zero-order valence-electron chi connectivity index (χ0n) is 9.99. The molecule has 0 bridgehead atoms. The van der Waals surface area contributed by atoms with Gasteiger partial charge in [0.2, 0.25) is 0 Å². The van der Waals surface area contributed by atoms with Crippen LogP contribution in [0.1, 0.15) is 27.2 Å². The minimum atomic E-state index is -2.48. The summed E-state index contributed by atoms with van der Waals surface area (Å²) >= 11 is -2.48. The third-order valence-corrected chi connectivity index (χ3v) is 9.04. The Morgan fingerprint density at radius 2 is 1.87 bits per heavy atom. The molecule has 1 unspecified atom stereocenters. The van der Waals surface area contributed by atoms with Gasteiger partial charge in [-0.3, -0.25) is 9.35 Å². The highest BCUT2D eigenvalue weighted by Crippen LogP contribution is 2.39. The maximum atomic E-state index is 11.1.